The Labute approximate surface area is 135 Å². The van der Waals surface area contributed by atoms with Crippen molar-refractivity contribution in [3.63, 3.8) is 0 Å². The zero-order valence-corrected chi connectivity index (χ0v) is 14.1. The molecule has 0 radical (unpaired) electrons. The lowest BCUT2D eigenvalue weighted by molar-refractivity contribution is 0.678. The Morgan fingerprint density at radius 3 is 2.50 bits per heavy atom. The van der Waals surface area contributed by atoms with E-state index in [2.05, 4.69) is 26.7 Å². The molecule has 6 nitrogen and oxygen atoms in total. The maximum Gasteiger partial charge on any atom is 0.193 e. The molecule has 0 unspecified atom stereocenters. The molecule has 0 saturated heterocycles. The second-order valence-electron chi connectivity index (χ2n) is 4.55. The van der Waals surface area contributed by atoms with Gasteiger partial charge in [-0.05, 0) is 37.1 Å². The Balaban J connectivity index is 0.00000200. The minimum absolute atomic E-state index is 0. The first-order valence-electron chi connectivity index (χ1n) is 6.03. The molecule has 0 aliphatic heterocycles. The van der Waals surface area contributed by atoms with Crippen LogP contribution in [0.5, 0.6) is 0 Å². The number of nitrogens with zero attached hydrogens (tertiary/aromatic N) is 4. The fraction of sp³-hybridized carbons (Fsp3) is 0.308. The number of guanidine groups is 1. The Morgan fingerprint density at radius 2 is 1.95 bits per heavy atom. The Kier molecular flexibility index (Phi) is 5.93. The molecule has 2 aromatic rings. The largest absolute Gasteiger partial charge is 0.370 e. The van der Waals surface area contributed by atoms with Crippen LogP contribution in [-0.4, -0.2) is 21.0 Å². The summed E-state index contributed by atoms with van der Waals surface area (Å²) in [4.78, 5) is 4.26. The summed E-state index contributed by atoms with van der Waals surface area (Å²) in [6.07, 6.45) is 1.67. The number of aliphatic imine (C=N–C) groups is 1. The topological polar surface area (TPSA) is 81.1 Å². The minimum Gasteiger partial charge on any atom is -0.370 e. The highest BCUT2D eigenvalue weighted by atomic mass is 127. The molecular weight excluding hydrogens is 367 g/mol. The highest BCUT2D eigenvalue weighted by Gasteiger charge is 2.00. The number of hydrogen-bond acceptors (Lipinski definition) is 3. The molecule has 7 heteroatoms. The molecule has 1 heterocycles. The van der Waals surface area contributed by atoms with Crippen molar-refractivity contribution in [2.24, 2.45) is 17.8 Å². The van der Waals surface area contributed by atoms with Crippen LogP contribution in [-0.2, 0) is 13.6 Å². The number of aromatic nitrogens is 3. The van der Waals surface area contributed by atoms with Gasteiger partial charge in [0.2, 0.25) is 0 Å². The molecule has 0 aliphatic rings. The zero-order chi connectivity index (χ0) is 13.8. The third-order valence-electron chi connectivity index (χ3n) is 2.71. The smallest absolute Gasteiger partial charge is 0.193 e. The van der Waals surface area contributed by atoms with E-state index in [1.54, 1.807) is 10.9 Å². The third kappa shape index (κ3) is 4.48. The van der Waals surface area contributed by atoms with Crippen LogP contribution < -0.4 is 11.1 Å². The van der Waals surface area contributed by atoms with Crippen molar-refractivity contribution in [3.8, 4) is 0 Å². The monoisotopic (exact) mass is 386 g/mol. The van der Waals surface area contributed by atoms with E-state index in [0.29, 0.717) is 12.5 Å². The van der Waals surface area contributed by atoms with Crippen molar-refractivity contribution in [1.29, 1.82) is 0 Å². The molecular formula is C13H19IN6. The second kappa shape index (κ2) is 7.22. The van der Waals surface area contributed by atoms with Crippen molar-refractivity contribution in [2.75, 3.05) is 5.32 Å². The lowest BCUT2D eigenvalue weighted by Gasteiger charge is -2.07. The summed E-state index contributed by atoms with van der Waals surface area (Å²) in [5, 5.41) is 10.7. The molecule has 1 aromatic carbocycles. The predicted octanol–water partition coefficient (Wildman–Crippen LogP) is 1.98. The molecule has 0 saturated carbocycles. The van der Waals surface area contributed by atoms with Gasteiger partial charge in [-0.15, -0.1) is 29.1 Å². The van der Waals surface area contributed by atoms with Crippen molar-refractivity contribution in [3.05, 3.63) is 41.2 Å². The average molecular weight is 386 g/mol. The van der Waals surface area contributed by atoms with E-state index in [9.17, 15) is 0 Å². The Morgan fingerprint density at radius 1 is 1.30 bits per heavy atom. The molecule has 0 aliphatic carbocycles. The van der Waals surface area contributed by atoms with E-state index < -0.39 is 0 Å². The van der Waals surface area contributed by atoms with Crippen molar-refractivity contribution < 1.29 is 0 Å². The van der Waals surface area contributed by atoms with Crippen LogP contribution in [0.1, 0.15) is 16.8 Å². The van der Waals surface area contributed by atoms with Crippen LogP contribution in [0.15, 0.2) is 29.4 Å². The van der Waals surface area contributed by atoms with Gasteiger partial charge in [0.05, 0.1) is 18.4 Å². The van der Waals surface area contributed by atoms with E-state index in [0.717, 1.165) is 11.4 Å². The van der Waals surface area contributed by atoms with Gasteiger partial charge in [-0.1, -0.05) is 11.3 Å². The van der Waals surface area contributed by atoms with Gasteiger partial charge in [-0.3, -0.25) is 4.68 Å². The predicted molar refractivity (Wildman–Crippen MR) is 91.3 cm³/mol. The number of nitrogens with two attached hydrogens (primary N) is 1. The van der Waals surface area contributed by atoms with Gasteiger partial charge in [0.25, 0.3) is 0 Å². The molecule has 0 bridgehead atoms. The van der Waals surface area contributed by atoms with Crippen LogP contribution in [0.2, 0.25) is 0 Å². The maximum atomic E-state index is 5.86. The van der Waals surface area contributed by atoms with Gasteiger partial charge in [-0.25, -0.2) is 4.99 Å². The van der Waals surface area contributed by atoms with Crippen LogP contribution in [0.4, 0.5) is 5.69 Å². The van der Waals surface area contributed by atoms with Gasteiger partial charge >= 0.3 is 0 Å². The summed E-state index contributed by atoms with van der Waals surface area (Å²) >= 11 is 0. The number of rotatable bonds is 3. The van der Waals surface area contributed by atoms with E-state index in [1.807, 2.05) is 33.0 Å². The molecule has 108 valence electrons. The normalized spacial score (nSPS) is 11.1. The highest BCUT2D eigenvalue weighted by Crippen LogP contribution is 2.13. The van der Waals surface area contributed by atoms with Crippen LogP contribution in [0, 0.1) is 13.8 Å². The molecule has 3 N–H and O–H groups in total. The van der Waals surface area contributed by atoms with Gasteiger partial charge in [0.15, 0.2) is 5.96 Å². The SMILES string of the molecule is Cc1cc(C)cc(NC(N)=NCc2cnnn2C)c1.I. The summed E-state index contributed by atoms with van der Waals surface area (Å²) in [6, 6.07) is 6.17. The number of hydrogen-bond donors (Lipinski definition) is 2. The van der Waals surface area contributed by atoms with Gasteiger partial charge in [0.1, 0.15) is 0 Å². The molecule has 0 spiro atoms. The van der Waals surface area contributed by atoms with Gasteiger partial charge in [-0.2, -0.15) is 0 Å². The molecule has 0 fully saturated rings. The number of aryl methyl sites for hydroxylation is 3. The van der Waals surface area contributed by atoms with E-state index in [1.165, 1.54) is 11.1 Å². The third-order valence-corrected chi connectivity index (χ3v) is 2.71. The van der Waals surface area contributed by atoms with Crippen molar-refractivity contribution >= 4 is 35.6 Å². The quantitative estimate of drug-likeness (QED) is 0.480. The highest BCUT2D eigenvalue weighted by molar-refractivity contribution is 14.0. The van der Waals surface area contributed by atoms with Crippen LogP contribution in [0.25, 0.3) is 0 Å². The van der Waals surface area contributed by atoms with Gasteiger partial charge < -0.3 is 11.1 Å². The van der Waals surface area contributed by atoms with Crippen LogP contribution >= 0.6 is 24.0 Å². The maximum absolute atomic E-state index is 5.86. The van der Waals surface area contributed by atoms with E-state index in [4.69, 9.17) is 5.73 Å². The number of nitrogens with one attached hydrogen (secondary N) is 1. The zero-order valence-electron chi connectivity index (χ0n) is 11.8. The van der Waals surface area contributed by atoms with Crippen LogP contribution in [0.3, 0.4) is 0 Å². The first-order chi connectivity index (χ1) is 9.04. The molecule has 0 amide bonds. The first-order valence-corrected chi connectivity index (χ1v) is 6.03. The van der Waals surface area contributed by atoms with E-state index in [-0.39, 0.29) is 24.0 Å². The fourth-order valence-electron chi connectivity index (χ4n) is 1.85. The number of anilines is 1. The fourth-order valence-corrected chi connectivity index (χ4v) is 1.85. The lowest BCUT2D eigenvalue weighted by Crippen LogP contribution is -2.22. The summed E-state index contributed by atoms with van der Waals surface area (Å²) in [7, 11) is 1.82. The van der Waals surface area contributed by atoms with E-state index >= 15 is 0 Å². The van der Waals surface area contributed by atoms with Crippen molar-refractivity contribution in [2.45, 2.75) is 20.4 Å². The molecule has 1 aromatic heterocycles. The molecule has 0 atom stereocenters. The Bertz CT molecular complexity index is 584. The second-order valence-corrected chi connectivity index (χ2v) is 4.55. The van der Waals surface area contributed by atoms with Gasteiger partial charge in [0, 0.05) is 12.7 Å². The summed E-state index contributed by atoms with van der Waals surface area (Å²) in [5.74, 6) is 0.381. The summed E-state index contributed by atoms with van der Waals surface area (Å²) < 4.78 is 1.67. The average Bonchev–Trinajstić information content (AvgIpc) is 2.71. The van der Waals surface area contributed by atoms with Crippen molar-refractivity contribution in [1.82, 2.24) is 15.0 Å². The first kappa shape index (κ1) is 16.4. The minimum atomic E-state index is 0. The summed E-state index contributed by atoms with van der Waals surface area (Å²) in [5.41, 5.74) is 10.1. The lowest BCUT2D eigenvalue weighted by atomic mass is 10.1. The summed E-state index contributed by atoms with van der Waals surface area (Å²) in [6.45, 7) is 4.55. The Hall–Kier alpha value is -1.64. The standard InChI is InChI=1S/C13H18N6.HI/c1-9-4-10(2)6-11(5-9)17-13(14)15-7-12-8-16-18-19(12)3;/h4-6,8H,7H2,1-3H3,(H3,14,15,17);1H. The number of benzene rings is 1. The molecule has 20 heavy (non-hydrogen) atoms. The number of halogens is 1. The molecule has 2 rings (SSSR count).